The second kappa shape index (κ2) is 8.52. The molecule has 0 amide bonds. The lowest BCUT2D eigenvalue weighted by Crippen LogP contribution is -2.26. The van der Waals surface area contributed by atoms with Gasteiger partial charge in [-0.2, -0.15) is 0 Å². The average molecular weight is 396 g/mol. The Morgan fingerprint density at radius 3 is 2.67 bits per heavy atom. The van der Waals surface area contributed by atoms with Gasteiger partial charge in [0.1, 0.15) is 6.29 Å². The highest BCUT2D eigenvalue weighted by atomic mass is 127. The molecule has 0 aliphatic heterocycles. The van der Waals surface area contributed by atoms with Crippen molar-refractivity contribution in [2.75, 3.05) is 0 Å². The van der Waals surface area contributed by atoms with E-state index in [0.29, 0.717) is 11.3 Å². The summed E-state index contributed by atoms with van der Waals surface area (Å²) < 4.78 is 1.19. The molecule has 0 N–H and O–H groups in total. The van der Waals surface area contributed by atoms with Gasteiger partial charge in [-0.3, -0.25) is 4.79 Å². The van der Waals surface area contributed by atoms with E-state index in [4.69, 9.17) is 0 Å². The maximum atomic E-state index is 10.3. The van der Waals surface area contributed by atoms with Crippen LogP contribution in [-0.2, 0) is 4.79 Å². The Bertz CT molecular complexity index is 516. The van der Waals surface area contributed by atoms with Crippen LogP contribution < -0.4 is 0 Å². The highest BCUT2D eigenvalue weighted by molar-refractivity contribution is 14.1. The Hall–Kier alpha value is -0.900. The Morgan fingerprint density at radius 1 is 1.33 bits per heavy atom. The Labute approximate surface area is 142 Å². The molecule has 0 saturated carbocycles. The van der Waals surface area contributed by atoms with Gasteiger partial charge in [-0.15, -0.1) is 0 Å². The summed E-state index contributed by atoms with van der Waals surface area (Å²) in [6.45, 7) is 8.85. The molecule has 114 valence electrons. The number of allylic oxidation sites excluding steroid dienone is 10. The van der Waals surface area contributed by atoms with Gasteiger partial charge in [0, 0.05) is 9.50 Å². The highest BCUT2D eigenvalue weighted by Crippen LogP contribution is 2.41. The molecule has 1 rings (SSSR count). The largest absolute Gasteiger partial charge is 0.299 e. The molecule has 0 aromatic rings. The Kier molecular flexibility index (Phi) is 7.36. The van der Waals surface area contributed by atoms with Gasteiger partial charge < -0.3 is 0 Å². The Balaban J connectivity index is 2.75. The maximum Gasteiger partial charge on any atom is 0.143 e. The topological polar surface area (TPSA) is 17.1 Å². The molecule has 1 aliphatic rings. The number of carbonyl (C=O) groups is 1. The van der Waals surface area contributed by atoms with Crippen LogP contribution in [0, 0.1) is 11.3 Å². The van der Waals surface area contributed by atoms with E-state index in [-0.39, 0.29) is 0 Å². The summed E-state index contributed by atoms with van der Waals surface area (Å²) >= 11 is 2.34. The first-order valence-corrected chi connectivity index (χ1v) is 8.45. The number of carbonyl (C=O) groups excluding carboxylic acids is 1. The van der Waals surface area contributed by atoms with Crippen LogP contribution in [0.3, 0.4) is 0 Å². The van der Waals surface area contributed by atoms with E-state index in [1.807, 2.05) is 19.1 Å². The van der Waals surface area contributed by atoms with Crippen molar-refractivity contribution in [1.29, 1.82) is 0 Å². The summed E-state index contributed by atoms with van der Waals surface area (Å²) in [5.74, 6) is 0.519. The zero-order chi connectivity index (χ0) is 15.9. The van der Waals surface area contributed by atoms with Gasteiger partial charge in [-0.25, -0.2) is 0 Å². The Morgan fingerprint density at radius 2 is 2.05 bits per heavy atom. The first-order valence-electron chi connectivity index (χ1n) is 7.37. The van der Waals surface area contributed by atoms with Gasteiger partial charge in [0.2, 0.25) is 0 Å². The molecular weight excluding hydrogens is 371 g/mol. The summed E-state index contributed by atoms with van der Waals surface area (Å²) in [6.07, 6.45) is 17.7. The molecule has 1 unspecified atom stereocenters. The fraction of sp³-hybridized carbons (Fsp3) is 0.421. The lowest BCUT2D eigenvalue weighted by molar-refractivity contribution is -0.104. The molecule has 0 aromatic carbocycles. The lowest BCUT2D eigenvalue weighted by atomic mass is 9.68. The van der Waals surface area contributed by atoms with Crippen LogP contribution in [0.15, 0.2) is 57.3 Å². The van der Waals surface area contributed by atoms with Gasteiger partial charge in [0.25, 0.3) is 0 Å². The molecule has 2 heteroatoms. The summed E-state index contributed by atoms with van der Waals surface area (Å²) in [7, 11) is 0. The molecule has 0 fully saturated rings. The third kappa shape index (κ3) is 6.16. The van der Waals surface area contributed by atoms with Gasteiger partial charge in [0.05, 0.1) is 0 Å². The van der Waals surface area contributed by atoms with Crippen molar-refractivity contribution in [2.45, 2.75) is 40.5 Å². The number of hydrogen-bond donors (Lipinski definition) is 0. The molecule has 0 radical (unpaired) electrons. The van der Waals surface area contributed by atoms with Crippen LogP contribution in [0.4, 0.5) is 0 Å². The molecule has 1 aliphatic carbocycles. The zero-order valence-electron chi connectivity index (χ0n) is 13.4. The summed E-state index contributed by atoms with van der Waals surface area (Å²) in [5.41, 5.74) is 2.78. The van der Waals surface area contributed by atoms with Crippen LogP contribution in [-0.4, -0.2) is 6.29 Å². The number of hydrogen-bond acceptors (Lipinski definition) is 1. The summed E-state index contributed by atoms with van der Waals surface area (Å²) in [6, 6.07) is 0. The van der Waals surface area contributed by atoms with Crippen LogP contribution in [0.1, 0.15) is 40.5 Å². The first-order chi connectivity index (χ1) is 9.86. The monoisotopic (exact) mass is 396 g/mol. The van der Waals surface area contributed by atoms with Gasteiger partial charge in [0.15, 0.2) is 0 Å². The first kappa shape index (κ1) is 18.1. The second-order valence-corrected chi connectivity index (χ2v) is 7.52. The minimum absolute atomic E-state index is 0.339. The van der Waals surface area contributed by atoms with E-state index >= 15 is 0 Å². The van der Waals surface area contributed by atoms with Crippen LogP contribution >= 0.6 is 22.6 Å². The molecule has 0 heterocycles. The van der Waals surface area contributed by atoms with Crippen molar-refractivity contribution in [3.63, 3.8) is 0 Å². The van der Waals surface area contributed by atoms with Crippen molar-refractivity contribution in [2.24, 2.45) is 11.3 Å². The third-order valence-corrected chi connectivity index (χ3v) is 4.70. The molecule has 0 aromatic heterocycles. The number of aldehydes is 1. The van der Waals surface area contributed by atoms with Gasteiger partial charge in [-0.05, 0) is 72.4 Å². The quantitative estimate of drug-likeness (QED) is 0.185. The van der Waals surface area contributed by atoms with Crippen LogP contribution in [0.2, 0.25) is 0 Å². The van der Waals surface area contributed by atoms with Crippen LogP contribution in [0.25, 0.3) is 0 Å². The van der Waals surface area contributed by atoms with Gasteiger partial charge >= 0.3 is 0 Å². The van der Waals surface area contributed by atoms with E-state index in [1.165, 1.54) is 22.0 Å². The predicted molar refractivity (Wildman–Crippen MR) is 100 cm³/mol. The predicted octanol–water partition coefficient (Wildman–Crippen LogP) is 5.95. The van der Waals surface area contributed by atoms with Crippen molar-refractivity contribution < 1.29 is 4.79 Å². The van der Waals surface area contributed by atoms with E-state index in [9.17, 15) is 4.79 Å². The standard InChI is InChI=1S/C19H25IO/c1-15(12-14-21)7-5-9-17(20)10-11-18-16(2)8-6-13-19(18,3)4/h5,7-12,14,18H,6,13H2,1-4H3/b7-5-,11-10+,15-12+,17-9-. The minimum Gasteiger partial charge on any atom is -0.299 e. The summed E-state index contributed by atoms with van der Waals surface area (Å²) in [5, 5.41) is 0. The average Bonchev–Trinajstić information content (AvgIpc) is 2.37. The van der Waals surface area contributed by atoms with E-state index in [1.54, 1.807) is 6.08 Å². The van der Waals surface area contributed by atoms with Crippen molar-refractivity contribution in [1.82, 2.24) is 0 Å². The molecule has 0 saturated heterocycles. The zero-order valence-corrected chi connectivity index (χ0v) is 15.6. The fourth-order valence-corrected chi connectivity index (χ4v) is 3.10. The van der Waals surface area contributed by atoms with E-state index in [0.717, 1.165) is 11.9 Å². The molecule has 0 bridgehead atoms. The lowest BCUT2D eigenvalue weighted by Gasteiger charge is -2.36. The maximum absolute atomic E-state index is 10.3. The molecular formula is C19H25IO. The number of rotatable bonds is 5. The third-order valence-electron chi connectivity index (χ3n) is 3.98. The fourth-order valence-electron chi connectivity index (χ4n) is 2.68. The highest BCUT2D eigenvalue weighted by Gasteiger charge is 2.30. The van der Waals surface area contributed by atoms with Crippen molar-refractivity contribution in [3.8, 4) is 0 Å². The van der Waals surface area contributed by atoms with Crippen molar-refractivity contribution in [3.05, 3.63) is 57.3 Å². The summed E-state index contributed by atoms with van der Waals surface area (Å²) in [4.78, 5) is 10.3. The smallest absolute Gasteiger partial charge is 0.143 e. The van der Waals surface area contributed by atoms with E-state index in [2.05, 4.69) is 67.7 Å². The molecule has 1 nitrogen and oxygen atoms in total. The van der Waals surface area contributed by atoms with E-state index < -0.39 is 0 Å². The normalized spacial score (nSPS) is 23.7. The van der Waals surface area contributed by atoms with Crippen LogP contribution in [0.5, 0.6) is 0 Å². The second-order valence-electron chi connectivity index (χ2n) is 6.27. The molecule has 21 heavy (non-hydrogen) atoms. The minimum atomic E-state index is 0.339. The van der Waals surface area contributed by atoms with Gasteiger partial charge in [-0.1, -0.05) is 49.8 Å². The molecule has 0 spiro atoms. The number of halogens is 1. The SMILES string of the molecule is CC1=CCCC(C)(C)C1/C=C/C(I)=C/C=C\C(C)=C\C=O. The molecule has 1 atom stereocenters. The van der Waals surface area contributed by atoms with Crippen molar-refractivity contribution >= 4 is 28.9 Å².